The highest BCUT2D eigenvalue weighted by molar-refractivity contribution is 6.05. The second-order valence-electron chi connectivity index (χ2n) is 6.36. The van der Waals surface area contributed by atoms with E-state index in [-0.39, 0.29) is 11.5 Å². The number of hydrogen-bond donors (Lipinski definition) is 0. The van der Waals surface area contributed by atoms with Crippen molar-refractivity contribution in [2.75, 3.05) is 7.11 Å². The average Bonchev–Trinajstić information content (AvgIpc) is 2.90. The number of rotatable bonds is 3. The van der Waals surface area contributed by atoms with Crippen LogP contribution in [0.3, 0.4) is 0 Å². The molecule has 0 bridgehead atoms. The lowest BCUT2D eigenvalue weighted by Crippen LogP contribution is -2.33. The van der Waals surface area contributed by atoms with Gasteiger partial charge in [-0.3, -0.25) is 0 Å². The molecule has 1 heterocycles. The molecule has 1 atom stereocenters. The molecule has 1 aliphatic rings. The van der Waals surface area contributed by atoms with Gasteiger partial charge in [-0.2, -0.15) is 0 Å². The van der Waals surface area contributed by atoms with Crippen LogP contribution in [0.4, 0.5) is 0 Å². The largest absolute Gasteiger partial charge is 0.497 e. The van der Waals surface area contributed by atoms with E-state index in [1.807, 2.05) is 54.6 Å². The van der Waals surface area contributed by atoms with Gasteiger partial charge in [0, 0.05) is 11.1 Å². The van der Waals surface area contributed by atoms with Gasteiger partial charge in [-0.25, -0.2) is 0 Å². The van der Waals surface area contributed by atoms with Crippen LogP contribution in [0.2, 0.25) is 0 Å². The number of oxime groups is 1. The minimum Gasteiger partial charge on any atom is -0.497 e. The van der Waals surface area contributed by atoms with E-state index in [1.165, 1.54) is 0 Å². The van der Waals surface area contributed by atoms with Crippen LogP contribution in [-0.4, -0.2) is 18.9 Å². The minimum atomic E-state index is -0.194. The fourth-order valence-corrected chi connectivity index (χ4v) is 2.75. The van der Waals surface area contributed by atoms with Crippen LogP contribution in [0.15, 0.2) is 59.8 Å². The van der Waals surface area contributed by atoms with Crippen molar-refractivity contribution in [2.45, 2.75) is 26.4 Å². The molecule has 3 heteroatoms. The summed E-state index contributed by atoms with van der Waals surface area (Å²) in [6.07, 6.45) is 0.594. The smallest absolute Gasteiger partial charge is 0.149 e. The maximum Gasteiger partial charge on any atom is 0.149 e. The van der Waals surface area contributed by atoms with Crippen LogP contribution in [0.1, 0.15) is 31.4 Å². The highest BCUT2D eigenvalue weighted by Gasteiger charge is 2.42. The van der Waals surface area contributed by atoms with Gasteiger partial charge in [-0.15, -0.1) is 0 Å². The monoisotopic (exact) mass is 319 g/mol. The molecule has 122 valence electrons. The molecular weight excluding hydrogens is 298 g/mol. The molecule has 0 saturated heterocycles. The maximum absolute atomic E-state index is 5.68. The summed E-state index contributed by atoms with van der Waals surface area (Å²) in [5, 5.41) is 4.33. The summed E-state index contributed by atoms with van der Waals surface area (Å²) in [6.45, 7) is 4.30. The van der Waals surface area contributed by atoms with Gasteiger partial charge >= 0.3 is 0 Å². The van der Waals surface area contributed by atoms with Crippen molar-refractivity contribution in [3.8, 4) is 17.6 Å². The van der Waals surface area contributed by atoms with Crippen LogP contribution in [0.5, 0.6) is 5.75 Å². The lowest BCUT2D eigenvalue weighted by molar-refractivity contribution is 0.0407. The summed E-state index contributed by atoms with van der Waals surface area (Å²) in [7, 11) is 1.66. The van der Waals surface area contributed by atoms with E-state index in [2.05, 4.69) is 30.8 Å². The van der Waals surface area contributed by atoms with Gasteiger partial charge in [0.25, 0.3) is 0 Å². The molecule has 0 fully saturated rings. The van der Waals surface area contributed by atoms with E-state index in [0.717, 1.165) is 22.6 Å². The Morgan fingerprint density at radius 1 is 1.08 bits per heavy atom. The van der Waals surface area contributed by atoms with Crippen molar-refractivity contribution in [1.82, 2.24) is 0 Å². The number of hydrogen-bond acceptors (Lipinski definition) is 3. The maximum atomic E-state index is 5.68. The Hall–Kier alpha value is -2.73. The van der Waals surface area contributed by atoms with Crippen molar-refractivity contribution in [3.05, 3.63) is 65.7 Å². The quantitative estimate of drug-likeness (QED) is 0.791. The van der Waals surface area contributed by atoms with Crippen LogP contribution in [0, 0.1) is 17.3 Å². The molecule has 24 heavy (non-hydrogen) atoms. The second-order valence-corrected chi connectivity index (χ2v) is 6.36. The van der Waals surface area contributed by atoms with Crippen LogP contribution < -0.4 is 4.74 Å². The van der Waals surface area contributed by atoms with Gasteiger partial charge in [0.1, 0.15) is 11.9 Å². The molecule has 0 N–H and O–H groups in total. The van der Waals surface area contributed by atoms with E-state index < -0.39 is 0 Å². The topological polar surface area (TPSA) is 30.8 Å². The normalized spacial score (nSPS) is 18.1. The molecule has 0 amide bonds. The standard InChI is InChI=1S/C21H21NO2/c1-21(2)19(11-7-10-16-8-5-4-6-9-16)24-22-20(21)17-12-14-18(23-3)15-13-17/h4-6,8-9,12-15,19H,11H2,1-3H3. The third kappa shape index (κ3) is 3.28. The van der Waals surface area contributed by atoms with Gasteiger partial charge in [-0.05, 0) is 36.4 Å². The van der Waals surface area contributed by atoms with Gasteiger partial charge in [-0.1, -0.05) is 49.0 Å². The third-order valence-corrected chi connectivity index (χ3v) is 4.34. The van der Waals surface area contributed by atoms with Crippen molar-refractivity contribution in [2.24, 2.45) is 10.6 Å². The first-order valence-electron chi connectivity index (χ1n) is 8.04. The fourth-order valence-electron chi connectivity index (χ4n) is 2.75. The minimum absolute atomic E-state index is 0.0502. The Kier molecular flexibility index (Phi) is 4.57. The molecule has 0 spiro atoms. The summed E-state index contributed by atoms with van der Waals surface area (Å²) in [6, 6.07) is 17.9. The molecule has 0 aliphatic carbocycles. The van der Waals surface area contributed by atoms with Crippen molar-refractivity contribution >= 4 is 5.71 Å². The highest BCUT2D eigenvalue weighted by atomic mass is 16.6. The van der Waals surface area contributed by atoms with Gasteiger partial charge in [0.05, 0.1) is 24.7 Å². The van der Waals surface area contributed by atoms with E-state index in [4.69, 9.17) is 9.57 Å². The van der Waals surface area contributed by atoms with Gasteiger partial charge in [0.2, 0.25) is 0 Å². The molecule has 0 aromatic heterocycles. The lowest BCUT2D eigenvalue weighted by Gasteiger charge is -2.24. The number of benzene rings is 2. The first kappa shape index (κ1) is 16.1. The zero-order valence-corrected chi connectivity index (χ0v) is 14.2. The first-order chi connectivity index (χ1) is 11.6. The van der Waals surface area contributed by atoms with Crippen LogP contribution >= 0.6 is 0 Å². The summed E-state index contributed by atoms with van der Waals surface area (Å²) >= 11 is 0. The van der Waals surface area contributed by atoms with E-state index >= 15 is 0 Å². The average molecular weight is 319 g/mol. The molecule has 1 aliphatic heterocycles. The number of ether oxygens (including phenoxy) is 1. The Morgan fingerprint density at radius 3 is 2.46 bits per heavy atom. The Labute approximate surface area is 143 Å². The number of methoxy groups -OCH3 is 1. The summed E-state index contributed by atoms with van der Waals surface area (Å²) < 4.78 is 5.21. The molecule has 2 aromatic rings. The molecule has 2 aromatic carbocycles. The van der Waals surface area contributed by atoms with E-state index in [1.54, 1.807) is 7.11 Å². The van der Waals surface area contributed by atoms with Crippen molar-refractivity contribution < 1.29 is 9.57 Å². The number of nitrogens with zero attached hydrogens (tertiary/aromatic N) is 1. The molecule has 0 radical (unpaired) electrons. The Bertz CT molecular complexity index is 780. The third-order valence-electron chi connectivity index (χ3n) is 4.34. The summed E-state index contributed by atoms with van der Waals surface area (Å²) in [5.41, 5.74) is 2.83. The van der Waals surface area contributed by atoms with Crippen LogP contribution in [-0.2, 0) is 4.84 Å². The molecular formula is C21H21NO2. The lowest BCUT2D eigenvalue weighted by atomic mass is 9.78. The zero-order valence-electron chi connectivity index (χ0n) is 14.2. The SMILES string of the molecule is COc1ccc(C2=NOC(CC#Cc3ccccc3)C2(C)C)cc1. The highest BCUT2D eigenvalue weighted by Crippen LogP contribution is 2.36. The Morgan fingerprint density at radius 2 is 1.79 bits per heavy atom. The Balaban J connectivity index is 1.71. The molecule has 1 unspecified atom stereocenters. The zero-order chi connectivity index (χ0) is 17.0. The molecule has 0 saturated carbocycles. The van der Waals surface area contributed by atoms with Crippen LogP contribution in [0.25, 0.3) is 0 Å². The van der Waals surface area contributed by atoms with Crippen molar-refractivity contribution in [1.29, 1.82) is 0 Å². The summed E-state index contributed by atoms with van der Waals surface area (Å²) in [5.74, 6) is 7.24. The van der Waals surface area contributed by atoms with Gasteiger partial charge < -0.3 is 9.57 Å². The predicted molar refractivity (Wildman–Crippen MR) is 96.1 cm³/mol. The molecule has 3 rings (SSSR count). The summed E-state index contributed by atoms with van der Waals surface area (Å²) in [4.78, 5) is 5.68. The second kappa shape index (κ2) is 6.80. The van der Waals surface area contributed by atoms with E-state index in [9.17, 15) is 0 Å². The first-order valence-corrected chi connectivity index (χ1v) is 8.04. The van der Waals surface area contributed by atoms with Gasteiger partial charge in [0.15, 0.2) is 0 Å². The predicted octanol–water partition coefficient (Wildman–Crippen LogP) is 4.27. The van der Waals surface area contributed by atoms with E-state index in [0.29, 0.717) is 6.42 Å². The fraction of sp³-hybridized carbons (Fsp3) is 0.286. The molecule has 3 nitrogen and oxygen atoms in total. The van der Waals surface area contributed by atoms with Crippen molar-refractivity contribution in [3.63, 3.8) is 0 Å².